The van der Waals surface area contributed by atoms with Crippen molar-refractivity contribution in [1.82, 2.24) is 4.90 Å². The van der Waals surface area contributed by atoms with Gasteiger partial charge in [-0.05, 0) is 25.9 Å². The zero-order chi connectivity index (χ0) is 9.40. The summed E-state index contributed by atoms with van der Waals surface area (Å²) in [6, 6.07) is 0. The van der Waals surface area contributed by atoms with E-state index in [2.05, 4.69) is 0 Å². The highest BCUT2D eigenvalue weighted by Gasteiger charge is 2.13. The SMILES string of the molecule is CC.FC(F)CN1CCCCC1. The Hall–Kier alpha value is -0.180. The van der Waals surface area contributed by atoms with E-state index in [1.807, 2.05) is 18.7 Å². The third-order valence-electron chi connectivity index (χ3n) is 1.84. The lowest BCUT2D eigenvalue weighted by atomic mass is 10.1. The molecule has 0 aromatic rings. The van der Waals surface area contributed by atoms with Crippen molar-refractivity contribution in [3.05, 3.63) is 0 Å². The molecule has 74 valence electrons. The molecule has 1 nitrogen and oxygen atoms in total. The fourth-order valence-corrected chi connectivity index (χ4v) is 1.34. The molecule has 12 heavy (non-hydrogen) atoms. The molecular weight excluding hydrogens is 160 g/mol. The van der Waals surface area contributed by atoms with Crippen LogP contribution in [-0.2, 0) is 0 Å². The summed E-state index contributed by atoms with van der Waals surface area (Å²) in [5, 5.41) is 0. The van der Waals surface area contributed by atoms with Gasteiger partial charge >= 0.3 is 0 Å². The number of hydrogen-bond donors (Lipinski definition) is 0. The molecule has 0 atom stereocenters. The summed E-state index contributed by atoms with van der Waals surface area (Å²) < 4.78 is 23.6. The number of hydrogen-bond acceptors (Lipinski definition) is 1. The summed E-state index contributed by atoms with van der Waals surface area (Å²) in [4.78, 5) is 1.84. The lowest BCUT2D eigenvalue weighted by molar-refractivity contribution is 0.0788. The van der Waals surface area contributed by atoms with Crippen LogP contribution in [0.5, 0.6) is 0 Å². The summed E-state index contributed by atoms with van der Waals surface area (Å²) in [5.74, 6) is 0. The first kappa shape index (κ1) is 11.8. The molecule has 0 N–H and O–H groups in total. The van der Waals surface area contributed by atoms with Crippen LogP contribution in [0.15, 0.2) is 0 Å². The van der Waals surface area contributed by atoms with Crippen LogP contribution in [0.3, 0.4) is 0 Å². The van der Waals surface area contributed by atoms with Crippen LogP contribution < -0.4 is 0 Å². The number of nitrogens with zero attached hydrogens (tertiary/aromatic N) is 1. The second-order valence-corrected chi connectivity index (χ2v) is 2.75. The van der Waals surface area contributed by atoms with Gasteiger partial charge in [-0.3, -0.25) is 4.90 Å². The van der Waals surface area contributed by atoms with Gasteiger partial charge in [-0.2, -0.15) is 0 Å². The van der Waals surface area contributed by atoms with Gasteiger partial charge in [-0.25, -0.2) is 8.78 Å². The first-order valence-electron chi connectivity index (χ1n) is 4.79. The van der Waals surface area contributed by atoms with Crippen molar-refractivity contribution < 1.29 is 8.78 Å². The number of piperidine rings is 1. The molecule has 0 saturated carbocycles. The molecule has 1 heterocycles. The molecule has 0 spiro atoms. The van der Waals surface area contributed by atoms with E-state index in [9.17, 15) is 8.78 Å². The first-order valence-corrected chi connectivity index (χ1v) is 4.79. The van der Waals surface area contributed by atoms with Gasteiger partial charge in [0, 0.05) is 0 Å². The Morgan fingerprint density at radius 2 is 1.58 bits per heavy atom. The molecule has 0 aromatic carbocycles. The molecule has 0 aromatic heterocycles. The minimum atomic E-state index is -2.15. The molecule has 0 unspecified atom stereocenters. The second-order valence-electron chi connectivity index (χ2n) is 2.75. The van der Waals surface area contributed by atoms with Crippen LogP contribution in [0.1, 0.15) is 33.1 Å². The maximum Gasteiger partial charge on any atom is 0.251 e. The third kappa shape index (κ3) is 5.47. The molecule has 1 saturated heterocycles. The molecule has 0 radical (unpaired) electrons. The summed E-state index contributed by atoms with van der Waals surface area (Å²) >= 11 is 0. The standard InChI is InChI=1S/C7H13F2N.C2H6/c8-7(9)6-10-4-2-1-3-5-10;1-2/h7H,1-6H2;1-2H3. The first-order chi connectivity index (χ1) is 5.79. The predicted molar refractivity (Wildman–Crippen MR) is 47.6 cm³/mol. The number of rotatable bonds is 2. The quantitative estimate of drug-likeness (QED) is 0.630. The van der Waals surface area contributed by atoms with Gasteiger partial charge in [0.1, 0.15) is 0 Å². The van der Waals surface area contributed by atoms with E-state index in [0.29, 0.717) is 0 Å². The highest BCUT2D eigenvalue weighted by molar-refractivity contribution is 4.64. The lowest BCUT2D eigenvalue weighted by Gasteiger charge is -2.25. The normalized spacial score (nSPS) is 18.8. The molecule has 3 heteroatoms. The van der Waals surface area contributed by atoms with Gasteiger partial charge in [-0.15, -0.1) is 0 Å². The monoisotopic (exact) mass is 179 g/mol. The summed E-state index contributed by atoms with van der Waals surface area (Å²) in [6.07, 6.45) is 1.23. The van der Waals surface area contributed by atoms with Gasteiger partial charge in [0.05, 0.1) is 6.54 Å². The molecule has 0 amide bonds. The summed E-state index contributed by atoms with van der Waals surface area (Å²) in [7, 11) is 0. The van der Waals surface area contributed by atoms with Crippen LogP contribution >= 0.6 is 0 Å². The Kier molecular flexibility index (Phi) is 7.36. The van der Waals surface area contributed by atoms with Crippen LogP contribution in [0, 0.1) is 0 Å². The maximum atomic E-state index is 11.8. The van der Waals surface area contributed by atoms with Gasteiger partial charge in [0.15, 0.2) is 0 Å². The van der Waals surface area contributed by atoms with Gasteiger partial charge < -0.3 is 0 Å². The Morgan fingerprint density at radius 3 is 2.00 bits per heavy atom. The molecule has 0 bridgehead atoms. The van der Waals surface area contributed by atoms with Gasteiger partial charge in [0.2, 0.25) is 0 Å². The van der Waals surface area contributed by atoms with Crippen molar-refractivity contribution in [2.45, 2.75) is 39.5 Å². The largest absolute Gasteiger partial charge is 0.298 e. The average Bonchev–Trinajstić information content (AvgIpc) is 2.08. The summed E-state index contributed by atoms with van der Waals surface area (Å²) in [5.41, 5.74) is 0. The van der Waals surface area contributed by atoms with Crippen molar-refractivity contribution in [3.8, 4) is 0 Å². The third-order valence-corrected chi connectivity index (χ3v) is 1.84. The summed E-state index contributed by atoms with van der Waals surface area (Å²) in [6.45, 7) is 5.70. The van der Waals surface area contributed by atoms with Crippen LogP contribution in [0.25, 0.3) is 0 Å². The van der Waals surface area contributed by atoms with Crippen molar-refractivity contribution in [3.63, 3.8) is 0 Å². The molecule has 0 aliphatic carbocycles. The molecule has 1 rings (SSSR count). The van der Waals surface area contributed by atoms with Crippen molar-refractivity contribution >= 4 is 0 Å². The number of likely N-dealkylation sites (tertiary alicyclic amines) is 1. The van der Waals surface area contributed by atoms with E-state index in [1.54, 1.807) is 0 Å². The van der Waals surface area contributed by atoms with Crippen LogP contribution in [0.4, 0.5) is 8.78 Å². The Labute approximate surface area is 73.7 Å². The van der Waals surface area contributed by atoms with Crippen LogP contribution in [0.2, 0.25) is 0 Å². The average molecular weight is 179 g/mol. The zero-order valence-electron chi connectivity index (χ0n) is 8.02. The Balaban J connectivity index is 0.000000561. The second kappa shape index (κ2) is 7.47. The van der Waals surface area contributed by atoms with E-state index in [4.69, 9.17) is 0 Å². The molecule has 1 aliphatic heterocycles. The smallest absolute Gasteiger partial charge is 0.251 e. The Bertz CT molecular complexity index is 90.5. The van der Waals surface area contributed by atoms with E-state index in [1.165, 1.54) is 6.42 Å². The fourth-order valence-electron chi connectivity index (χ4n) is 1.34. The van der Waals surface area contributed by atoms with Crippen molar-refractivity contribution in [1.29, 1.82) is 0 Å². The highest BCUT2D eigenvalue weighted by Crippen LogP contribution is 2.09. The van der Waals surface area contributed by atoms with Crippen molar-refractivity contribution in [2.75, 3.05) is 19.6 Å². The highest BCUT2D eigenvalue weighted by atomic mass is 19.3. The minimum absolute atomic E-state index is 0.0278. The van der Waals surface area contributed by atoms with E-state index in [-0.39, 0.29) is 6.54 Å². The topological polar surface area (TPSA) is 3.24 Å². The molecule has 1 fully saturated rings. The fraction of sp³-hybridized carbons (Fsp3) is 1.00. The van der Waals surface area contributed by atoms with E-state index < -0.39 is 6.43 Å². The zero-order valence-corrected chi connectivity index (χ0v) is 8.02. The van der Waals surface area contributed by atoms with Gasteiger partial charge in [-0.1, -0.05) is 20.3 Å². The molecular formula is C9H19F2N. The maximum absolute atomic E-state index is 11.8. The lowest BCUT2D eigenvalue weighted by Crippen LogP contribution is -2.33. The molecule has 1 aliphatic rings. The predicted octanol–water partition coefficient (Wildman–Crippen LogP) is 2.76. The van der Waals surface area contributed by atoms with E-state index >= 15 is 0 Å². The van der Waals surface area contributed by atoms with E-state index in [0.717, 1.165) is 25.9 Å². The Morgan fingerprint density at radius 1 is 1.08 bits per heavy atom. The number of alkyl halides is 2. The van der Waals surface area contributed by atoms with Gasteiger partial charge in [0.25, 0.3) is 6.43 Å². The van der Waals surface area contributed by atoms with Crippen LogP contribution in [-0.4, -0.2) is 31.0 Å². The number of halogens is 2. The minimum Gasteiger partial charge on any atom is -0.298 e. The van der Waals surface area contributed by atoms with Crippen molar-refractivity contribution in [2.24, 2.45) is 0 Å².